The first-order valence-corrected chi connectivity index (χ1v) is 13.7. The summed E-state index contributed by atoms with van der Waals surface area (Å²) in [5.41, 5.74) is 2.22. The van der Waals surface area contributed by atoms with E-state index in [4.69, 9.17) is 0 Å². The van der Waals surface area contributed by atoms with Gasteiger partial charge in [-0.25, -0.2) is 0 Å². The van der Waals surface area contributed by atoms with Gasteiger partial charge < -0.3 is 10.2 Å². The van der Waals surface area contributed by atoms with Crippen LogP contribution in [0, 0.1) is 52.3 Å². The minimum absolute atomic E-state index is 0.180. The maximum Gasteiger partial charge on any atom is 0.0758 e. The number of aliphatic hydroxyl groups is 2. The number of allylic oxidation sites excluding steroid dienone is 1. The highest BCUT2D eigenvalue weighted by Crippen LogP contribution is 2.67. The average Bonchev–Trinajstić information content (AvgIpc) is 3.07. The van der Waals surface area contributed by atoms with Gasteiger partial charge in [0.2, 0.25) is 0 Å². The number of hydrogen-bond donors (Lipinski definition) is 2. The molecule has 0 aliphatic heterocycles. The van der Waals surface area contributed by atoms with Crippen molar-refractivity contribution >= 4 is 0 Å². The maximum absolute atomic E-state index is 11.1. The van der Waals surface area contributed by atoms with Gasteiger partial charge >= 0.3 is 0 Å². The number of fused-ring (bicyclic) bond motifs is 5. The Morgan fingerprint density at radius 3 is 2.29 bits per heavy atom. The molecule has 0 aromatic heterocycles. The fourth-order valence-corrected chi connectivity index (χ4v) is 9.22. The van der Waals surface area contributed by atoms with Crippen LogP contribution in [0.5, 0.6) is 0 Å². The predicted octanol–water partition coefficient (Wildman–Crippen LogP) is 7.00. The summed E-state index contributed by atoms with van der Waals surface area (Å²) in [7, 11) is 0. The fraction of sp³-hybridized carbons (Fsp3) is 0.931. The average molecular weight is 431 g/mol. The Morgan fingerprint density at radius 1 is 0.935 bits per heavy atom. The molecule has 4 rings (SSSR count). The quantitative estimate of drug-likeness (QED) is 0.446. The largest absolute Gasteiger partial charge is 0.393 e. The zero-order chi connectivity index (χ0) is 22.6. The Bertz CT molecular complexity index is 668. The molecule has 0 heterocycles. The standard InChI is InChI=1S/C29H50O2/c1-7-20(18(2)3)9-8-19(4)23-10-11-24-22-17-27(31)26-16-21(30)12-14-29(26,6)25(22)13-15-28(23,24)5/h17-21,23-27,30-31H,7-16H2,1-6H3/t19-,20-,21+,23-,24?,25?,26-,27+,28-,29-/m1/s1. The molecule has 4 aliphatic carbocycles. The lowest BCUT2D eigenvalue weighted by molar-refractivity contribution is -0.0835. The van der Waals surface area contributed by atoms with Gasteiger partial charge in [-0.2, -0.15) is 0 Å². The molecule has 178 valence electrons. The van der Waals surface area contributed by atoms with Crippen molar-refractivity contribution in [2.24, 2.45) is 52.3 Å². The minimum Gasteiger partial charge on any atom is -0.393 e. The summed E-state index contributed by atoms with van der Waals surface area (Å²) < 4.78 is 0. The number of rotatable bonds is 6. The summed E-state index contributed by atoms with van der Waals surface area (Å²) in [6, 6.07) is 0. The Hall–Kier alpha value is -0.340. The van der Waals surface area contributed by atoms with E-state index in [0.29, 0.717) is 17.3 Å². The highest BCUT2D eigenvalue weighted by atomic mass is 16.3. The molecular weight excluding hydrogens is 380 g/mol. The Labute approximate surface area is 192 Å². The smallest absolute Gasteiger partial charge is 0.0758 e. The summed E-state index contributed by atoms with van der Waals surface area (Å²) in [5.74, 6) is 4.86. The Kier molecular flexibility index (Phi) is 6.75. The van der Waals surface area contributed by atoms with E-state index in [1.807, 2.05) is 0 Å². The third kappa shape index (κ3) is 3.96. The molecule has 0 bridgehead atoms. The first-order valence-electron chi connectivity index (χ1n) is 13.7. The number of hydrogen-bond acceptors (Lipinski definition) is 2. The lowest BCUT2D eigenvalue weighted by atomic mass is 9.47. The molecule has 2 unspecified atom stereocenters. The molecule has 0 aromatic carbocycles. The molecule has 0 aromatic rings. The van der Waals surface area contributed by atoms with Gasteiger partial charge in [0.15, 0.2) is 0 Å². The zero-order valence-electron chi connectivity index (χ0n) is 21.2. The van der Waals surface area contributed by atoms with Crippen LogP contribution in [-0.2, 0) is 0 Å². The van der Waals surface area contributed by atoms with Gasteiger partial charge in [-0.15, -0.1) is 0 Å². The minimum atomic E-state index is -0.360. The topological polar surface area (TPSA) is 40.5 Å². The molecule has 2 nitrogen and oxygen atoms in total. The SMILES string of the molecule is CC[C@H](CC[C@@H](C)[C@H]1CCC2C3=C[C@H](O)[C@H]4C[C@@H](O)CC[C@]4(C)C3CC[C@@]21C)C(C)C. The predicted molar refractivity (Wildman–Crippen MR) is 130 cm³/mol. The van der Waals surface area contributed by atoms with Crippen molar-refractivity contribution in [3.05, 3.63) is 11.6 Å². The zero-order valence-corrected chi connectivity index (χ0v) is 21.2. The van der Waals surface area contributed by atoms with Crippen molar-refractivity contribution in [1.29, 1.82) is 0 Å². The van der Waals surface area contributed by atoms with Crippen molar-refractivity contribution in [1.82, 2.24) is 0 Å². The molecule has 2 heteroatoms. The van der Waals surface area contributed by atoms with Crippen molar-refractivity contribution in [3.63, 3.8) is 0 Å². The van der Waals surface area contributed by atoms with Crippen LogP contribution in [0.2, 0.25) is 0 Å². The maximum atomic E-state index is 11.1. The molecule has 0 amide bonds. The van der Waals surface area contributed by atoms with Crippen LogP contribution in [0.1, 0.15) is 106 Å². The summed E-state index contributed by atoms with van der Waals surface area (Å²) in [6.45, 7) is 14.7. The van der Waals surface area contributed by atoms with Crippen LogP contribution in [0.4, 0.5) is 0 Å². The second kappa shape index (κ2) is 8.79. The van der Waals surface area contributed by atoms with Crippen LogP contribution < -0.4 is 0 Å². The monoisotopic (exact) mass is 430 g/mol. The molecule has 31 heavy (non-hydrogen) atoms. The third-order valence-electron chi connectivity index (χ3n) is 11.3. The molecule has 2 N–H and O–H groups in total. The van der Waals surface area contributed by atoms with E-state index >= 15 is 0 Å². The van der Waals surface area contributed by atoms with Crippen molar-refractivity contribution in [2.45, 2.75) is 118 Å². The van der Waals surface area contributed by atoms with Gasteiger partial charge in [-0.05, 0) is 104 Å². The summed E-state index contributed by atoms with van der Waals surface area (Å²) in [4.78, 5) is 0. The van der Waals surface area contributed by atoms with Crippen molar-refractivity contribution in [3.8, 4) is 0 Å². The van der Waals surface area contributed by atoms with E-state index in [2.05, 4.69) is 47.6 Å². The van der Waals surface area contributed by atoms with E-state index in [0.717, 1.165) is 42.9 Å². The molecule has 0 radical (unpaired) electrons. The molecule has 10 atom stereocenters. The van der Waals surface area contributed by atoms with Crippen molar-refractivity contribution in [2.75, 3.05) is 0 Å². The summed E-state index contributed by atoms with van der Waals surface area (Å²) >= 11 is 0. The van der Waals surface area contributed by atoms with Gasteiger partial charge in [-0.1, -0.05) is 66.0 Å². The lowest BCUT2D eigenvalue weighted by Crippen LogP contribution is -2.53. The number of aliphatic hydroxyl groups excluding tert-OH is 2. The Balaban J connectivity index is 1.52. The molecule has 3 fully saturated rings. The van der Waals surface area contributed by atoms with Crippen LogP contribution in [0.15, 0.2) is 11.6 Å². The normalized spacial score (nSPS) is 46.7. The van der Waals surface area contributed by atoms with E-state index < -0.39 is 0 Å². The fourth-order valence-electron chi connectivity index (χ4n) is 9.22. The third-order valence-corrected chi connectivity index (χ3v) is 11.3. The Morgan fingerprint density at radius 2 is 1.61 bits per heavy atom. The van der Waals surface area contributed by atoms with E-state index in [-0.39, 0.29) is 23.5 Å². The van der Waals surface area contributed by atoms with E-state index in [1.165, 1.54) is 44.9 Å². The highest BCUT2D eigenvalue weighted by Gasteiger charge is 2.59. The van der Waals surface area contributed by atoms with Gasteiger partial charge in [0, 0.05) is 0 Å². The van der Waals surface area contributed by atoms with Crippen LogP contribution in [-0.4, -0.2) is 22.4 Å². The molecule has 3 saturated carbocycles. The molecule has 4 aliphatic rings. The van der Waals surface area contributed by atoms with Crippen LogP contribution >= 0.6 is 0 Å². The van der Waals surface area contributed by atoms with Gasteiger partial charge in [-0.3, -0.25) is 0 Å². The molecule has 0 spiro atoms. The van der Waals surface area contributed by atoms with Crippen molar-refractivity contribution < 1.29 is 10.2 Å². The summed E-state index contributed by atoms with van der Waals surface area (Å²) in [6.07, 6.45) is 13.9. The van der Waals surface area contributed by atoms with E-state index in [9.17, 15) is 10.2 Å². The second-order valence-corrected chi connectivity index (χ2v) is 13.0. The van der Waals surface area contributed by atoms with Crippen LogP contribution in [0.25, 0.3) is 0 Å². The first-order chi connectivity index (χ1) is 14.6. The molecular formula is C29H50O2. The second-order valence-electron chi connectivity index (χ2n) is 13.0. The highest BCUT2D eigenvalue weighted by molar-refractivity contribution is 5.29. The van der Waals surface area contributed by atoms with Gasteiger partial charge in [0.05, 0.1) is 12.2 Å². The lowest BCUT2D eigenvalue weighted by Gasteiger charge is -2.58. The van der Waals surface area contributed by atoms with E-state index in [1.54, 1.807) is 5.57 Å². The molecule has 0 saturated heterocycles. The first kappa shape index (κ1) is 23.8. The summed E-state index contributed by atoms with van der Waals surface area (Å²) in [5, 5.41) is 21.4. The van der Waals surface area contributed by atoms with Crippen LogP contribution in [0.3, 0.4) is 0 Å². The van der Waals surface area contributed by atoms with Gasteiger partial charge in [0.1, 0.15) is 0 Å². The van der Waals surface area contributed by atoms with Gasteiger partial charge in [0.25, 0.3) is 0 Å².